The molecular weight excluding hydrogens is 448 g/mol. The van der Waals surface area contributed by atoms with Crippen LogP contribution in [0.25, 0.3) is 10.9 Å². The van der Waals surface area contributed by atoms with Crippen LogP contribution in [-0.4, -0.2) is 52.7 Å². The summed E-state index contributed by atoms with van der Waals surface area (Å²) >= 11 is 4.70. The van der Waals surface area contributed by atoms with Gasteiger partial charge in [-0.15, -0.1) is 0 Å². The number of rotatable bonds is 9. The SMILES string of the molecule is COc1ccc2nccc([C@@H](N)CC[C@@H]3CCN(CC(S)c4ccccn4)C[C@@H]3C(=O)O)c2c1. The van der Waals surface area contributed by atoms with E-state index in [1.165, 1.54) is 0 Å². The van der Waals surface area contributed by atoms with Gasteiger partial charge >= 0.3 is 5.97 Å². The zero-order chi connectivity index (χ0) is 24.1. The summed E-state index contributed by atoms with van der Waals surface area (Å²) in [5.74, 6) is -0.300. The lowest BCUT2D eigenvalue weighted by Crippen LogP contribution is -2.45. The fraction of sp³-hybridized carbons (Fsp3) is 0.423. The number of carboxylic acid groups (broad SMARTS) is 1. The Hall–Kier alpha value is -2.68. The summed E-state index contributed by atoms with van der Waals surface area (Å²) in [6.07, 6.45) is 5.85. The summed E-state index contributed by atoms with van der Waals surface area (Å²) in [5, 5.41) is 10.9. The molecule has 1 saturated heterocycles. The number of likely N-dealkylation sites (tertiary alicyclic amines) is 1. The van der Waals surface area contributed by atoms with Crippen LogP contribution in [0.3, 0.4) is 0 Å². The maximum Gasteiger partial charge on any atom is 0.308 e. The molecule has 3 aromatic rings. The third-order valence-electron chi connectivity index (χ3n) is 6.85. The Bertz CT molecular complexity index is 1110. The number of piperidine rings is 1. The highest BCUT2D eigenvalue weighted by molar-refractivity contribution is 7.80. The van der Waals surface area contributed by atoms with E-state index in [-0.39, 0.29) is 17.2 Å². The molecule has 3 heterocycles. The summed E-state index contributed by atoms with van der Waals surface area (Å²) < 4.78 is 5.37. The molecule has 8 heteroatoms. The number of carboxylic acids is 1. The van der Waals surface area contributed by atoms with Crippen LogP contribution in [0.2, 0.25) is 0 Å². The first-order valence-corrected chi connectivity index (χ1v) is 12.2. The summed E-state index contributed by atoms with van der Waals surface area (Å²) in [6.45, 7) is 2.05. The Morgan fingerprint density at radius 2 is 2.12 bits per heavy atom. The Morgan fingerprint density at radius 1 is 1.26 bits per heavy atom. The molecule has 0 spiro atoms. The van der Waals surface area contributed by atoms with E-state index in [0.29, 0.717) is 19.5 Å². The molecule has 0 bridgehead atoms. The van der Waals surface area contributed by atoms with Crippen molar-refractivity contribution in [2.75, 3.05) is 26.7 Å². The Morgan fingerprint density at radius 3 is 2.85 bits per heavy atom. The molecule has 4 rings (SSSR count). The van der Waals surface area contributed by atoms with Crippen LogP contribution in [0.5, 0.6) is 5.75 Å². The Kier molecular flexibility index (Phi) is 8.03. The molecule has 180 valence electrons. The van der Waals surface area contributed by atoms with E-state index in [4.69, 9.17) is 23.1 Å². The monoisotopic (exact) mass is 480 g/mol. The molecule has 4 atom stereocenters. The molecule has 0 amide bonds. The predicted octanol–water partition coefficient (Wildman–Crippen LogP) is 4.11. The minimum absolute atomic E-state index is 0.0439. The van der Waals surface area contributed by atoms with Gasteiger partial charge in [-0.05, 0) is 73.7 Å². The second-order valence-electron chi connectivity index (χ2n) is 8.99. The summed E-state index contributed by atoms with van der Waals surface area (Å²) in [5.41, 5.74) is 9.40. The molecule has 0 aliphatic carbocycles. The molecule has 2 aromatic heterocycles. The molecule has 1 aliphatic rings. The van der Waals surface area contributed by atoms with Gasteiger partial charge in [-0.2, -0.15) is 12.6 Å². The standard InChI is InChI=1S/C26H32N4O3S/c1-33-18-6-8-23-20(14-18)19(9-12-29-23)22(27)7-5-17-10-13-30(15-21(17)26(31)32)16-25(34)24-4-2-3-11-28-24/h2-4,6,8-9,11-12,14,17,21-22,25,34H,5,7,10,13,15-16,27H2,1H3,(H,31,32)/t17-,21+,22+,25?/m1/s1. The van der Waals surface area contributed by atoms with Crippen LogP contribution in [0.1, 0.15) is 41.8 Å². The van der Waals surface area contributed by atoms with Gasteiger partial charge in [0.1, 0.15) is 5.75 Å². The Labute approximate surface area is 205 Å². The first-order chi connectivity index (χ1) is 16.5. The molecule has 1 fully saturated rings. The first kappa shape index (κ1) is 24.4. The lowest BCUT2D eigenvalue weighted by Gasteiger charge is -2.37. The van der Waals surface area contributed by atoms with Gasteiger partial charge in [-0.3, -0.25) is 14.8 Å². The number of fused-ring (bicyclic) bond motifs is 1. The molecule has 34 heavy (non-hydrogen) atoms. The number of aromatic nitrogens is 2. The quantitative estimate of drug-likeness (QED) is 0.396. The van der Waals surface area contributed by atoms with Gasteiger partial charge in [0.2, 0.25) is 0 Å². The number of benzene rings is 1. The second kappa shape index (κ2) is 11.2. The number of hydrogen-bond donors (Lipinski definition) is 3. The van der Waals surface area contributed by atoms with Crippen LogP contribution < -0.4 is 10.5 Å². The number of carbonyl (C=O) groups is 1. The van der Waals surface area contributed by atoms with Gasteiger partial charge in [-0.25, -0.2) is 0 Å². The molecule has 0 radical (unpaired) electrons. The number of methoxy groups -OCH3 is 1. The van der Waals surface area contributed by atoms with Crippen LogP contribution >= 0.6 is 12.6 Å². The van der Waals surface area contributed by atoms with Gasteiger partial charge in [-0.1, -0.05) is 6.07 Å². The summed E-state index contributed by atoms with van der Waals surface area (Å²) in [7, 11) is 1.64. The second-order valence-corrected chi connectivity index (χ2v) is 9.61. The van der Waals surface area contributed by atoms with Crippen molar-refractivity contribution in [1.29, 1.82) is 0 Å². The van der Waals surface area contributed by atoms with E-state index in [1.54, 1.807) is 19.5 Å². The highest BCUT2D eigenvalue weighted by atomic mass is 32.1. The third kappa shape index (κ3) is 5.68. The van der Waals surface area contributed by atoms with Gasteiger partial charge in [0.05, 0.1) is 29.5 Å². The number of pyridine rings is 2. The van der Waals surface area contributed by atoms with Crippen molar-refractivity contribution in [1.82, 2.24) is 14.9 Å². The molecular formula is C26H32N4O3S. The molecule has 3 N–H and O–H groups in total. The average molecular weight is 481 g/mol. The highest BCUT2D eigenvalue weighted by Gasteiger charge is 2.35. The summed E-state index contributed by atoms with van der Waals surface area (Å²) in [4.78, 5) is 23.1. The smallest absolute Gasteiger partial charge is 0.308 e. The van der Waals surface area contributed by atoms with Gasteiger partial charge in [0, 0.05) is 36.9 Å². The minimum atomic E-state index is -0.740. The van der Waals surface area contributed by atoms with Crippen LogP contribution in [0.4, 0.5) is 0 Å². The zero-order valence-electron chi connectivity index (χ0n) is 19.4. The zero-order valence-corrected chi connectivity index (χ0v) is 20.3. The van der Waals surface area contributed by atoms with E-state index in [9.17, 15) is 9.90 Å². The van der Waals surface area contributed by atoms with Crippen molar-refractivity contribution in [3.05, 3.63) is 66.1 Å². The highest BCUT2D eigenvalue weighted by Crippen LogP contribution is 2.33. The maximum absolute atomic E-state index is 12.1. The van der Waals surface area contributed by atoms with E-state index in [1.807, 2.05) is 42.5 Å². The van der Waals surface area contributed by atoms with E-state index < -0.39 is 11.9 Å². The van der Waals surface area contributed by atoms with Crippen molar-refractivity contribution < 1.29 is 14.6 Å². The van der Waals surface area contributed by atoms with E-state index >= 15 is 0 Å². The van der Waals surface area contributed by atoms with Crippen molar-refractivity contribution in [2.45, 2.75) is 30.6 Å². The molecule has 1 aromatic carbocycles. The lowest BCUT2D eigenvalue weighted by atomic mass is 9.81. The topological polar surface area (TPSA) is 102 Å². The lowest BCUT2D eigenvalue weighted by molar-refractivity contribution is -0.146. The van der Waals surface area contributed by atoms with Crippen LogP contribution in [0.15, 0.2) is 54.9 Å². The predicted molar refractivity (Wildman–Crippen MR) is 136 cm³/mol. The maximum atomic E-state index is 12.1. The van der Waals surface area contributed by atoms with Crippen molar-refractivity contribution >= 4 is 29.5 Å². The normalized spacial score (nSPS) is 20.7. The third-order valence-corrected chi connectivity index (χ3v) is 7.28. The average Bonchev–Trinajstić information content (AvgIpc) is 2.87. The van der Waals surface area contributed by atoms with Gasteiger partial charge < -0.3 is 20.5 Å². The summed E-state index contributed by atoms with van der Waals surface area (Å²) in [6, 6.07) is 13.3. The number of hydrogen-bond acceptors (Lipinski definition) is 7. The van der Waals surface area contributed by atoms with Gasteiger partial charge in [0.15, 0.2) is 0 Å². The van der Waals surface area contributed by atoms with Crippen LogP contribution in [-0.2, 0) is 4.79 Å². The van der Waals surface area contributed by atoms with E-state index in [0.717, 1.165) is 47.3 Å². The molecule has 1 aliphatic heterocycles. The van der Waals surface area contributed by atoms with Crippen molar-refractivity contribution in [3.8, 4) is 5.75 Å². The largest absolute Gasteiger partial charge is 0.497 e. The molecule has 7 nitrogen and oxygen atoms in total. The Balaban J connectivity index is 1.39. The number of nitrogens with zero attached hydrogens (tertiary/aromatic N) is 3. The van der Waals surface area contributed by atoms with E-state index in [2.05, 4.69) is 14.9 Å². The minimum Gasteiger partial charge on any atom is -0.497 e. The first-order valence-electron chi connectivity index (χ1n) is 11.7. The van der Waals surface area contributed by atoms with Crippen molar-refractivity contribution in [3.63, 3.8) is 0 Å². The molecule has 1 unspecified atom stereocenters. The number of thiol groups is 1. The number of nitrogens with two attached hydrogens (primary N) is 1. The van der Waals surface area contributed by atoms with Crippen LogP contribution in [0, 0.1) is 11.8 Å². The fourth-order valence-electron chi connectivity index (χ4n) is 4.92. The van der Waals surface area contributed by atoms with Gasteiger partial charge in [0.25, 0.3) is 0 Å². The van der Waals surface area contributed by atoms with Crippen molar-refractivity contribution in [2.24, 2.45) is 17.6 Å². The number of ether oxygens (including phenoxy) is 1. The molecule has 0 saturated carbocycles. The fourth-order valence-corrected chi connectivity index (χ4v) is 5.30. The number of aliphatic carboxylic acids is 1.